The van der Waals surface area contributed by atoms with E-state index < -0.39 is 5.82 Å². The maximum Gasteiger partial charge on any atom is 0.111 e. The van der Waals surface area contributed by atoms with Gasteiger partial charge in [-0.3, -0.25) is 0 Å². The van der Waals surface area contributed by atoms with Gasteiger partial charge in [0.2, 0.25) is 0 Å². The highest BCUT2D eigenvalue weighted by Crippen LogP contribution is 1.86. The van der Waals surface area contributed by atoms with E-state index in [9.17, 15) is 0 Å². The van der Waals surface area contributed by atoms with Gasteiger partial charge in [0.1, 0.15) is 7.85 Å². The van der Waals surface area contributed by atoms with E-state index in [0.717, 1.165) is 0 Å². The van der Waals surface area contributed by atoms with Crippen LogP contribution in [0.3, 0.4) is 0 Å². The summed E-state index contributed by atoms with van der Waals surface area (Å²) < 4.78 is 0. The Bertz CT molecular complexity index is 92.9. The zero-order chi connectivity index (χ0) is 4.99. The van der Waals surface area contributed by atoms with Crippen LogP contribution >= 0.6 is 0 Å². The van der Waals surface area contributed by atoms with Crippen LogP contribution in [0.4, 0.5) is 0 Å². The standard InChI is InChI=1S/C3HBN2/c4-3(1-5)2-6/h3H. The lowest BCUT2D eigenvalue weighted by molar-refractivity contribution is 1.32. The molecule has 0 unspecified atom stereocenters. The molecule has 0 aliphatic heterocycles. The van der Waals surface area contributed by atoms with E-state index in [1.807, 2.05) is 0 Å². The molecule has 0 saturated carbocycles. The van der Waals surface area contributed by atoms with Crippen LogP contribution < -0.4 is 0 Å². The van der Waals surface area contributed by atoms with Crippen LogP contribution in [0, 0.1) is 22.7 Å². The van der Waals surface area contributed by atoms with Gasteiger partial charge in [0.25, 0.3) is 0 Å². The van der Waals surface area contributed by atoms with Crippen molar-refractivity contribution in [3.05, 3.63) is 0 Å². The summed E-state index contributed by atoms with van der Waals surface area (Å²) in [6.45, 7) is 0. The monoisotopic (exact) mass is 76.0 g/mol. The first kappa shape index (κ1) is 5.04. The third kappa shape index (κ3) is 1.37. The van der Waals surface area contributed by atoms with Gasteiger partial charge < -0.3 is 0 Å². The van der Waals surface area contributed by atoms with E-state index in [4.69, 9.17) is 18.4 Å². The van der Waals surface area contributed by atoms with E-state index in [0.29, 0.717) is 0 Å². The lowest BCUT2D eigenvalue weighted by Gasteiger charge is -1.72. The van der Waals surface area contributed by atoms with Gasteiger partial charge in [0.05, 0.1) is 18.0 Å². The largest absolute Gasteiger partial charge is 0.198 e. The molecule has 0 aliphatic carbocycles. The van der Waals surface area contributed by atoms with Crippen molar-refractivity contribution in [2.75, 3.05) is 0 Å². The Hall–Kier alpha value is -0.955. The molecule has 2 radical (unpaired) electrons. The highest BCUT2D eigenvalue weighted by atomic mass is 14.3. The summed E-state index contributed by atoms with van der Waals surface area (Å²) in [6, 6.07) is 3.06. The molecule has 0 atom stereocenters. The minimum atomic E-state index is -0.954. The minimum Gasteiger partial charge on any atom is -0.198 e. The Labute approximate surface area is 37.4 Å². The summed E-state index contributed by atoms with van der Waals surface area (Å²) in [5, 5.41) is 15.5. The lowest BCUT2D eigenvalue weighted by atomic mass is 9.91. The molecule has 0 fully saturated rings. The molecule has 0 aromatic carbocycles. The molecular weight excluding hydrogens is 74.9 g/mol. The van der Waals surface area contributed by atoms with E-state index in [1.54, 1.807) is 0 Å². The smallest absolute Gasteiger partial charge is 0.111 e. The molecule has 0 rings (SSSR count). The Kier molecular flexibility index (Phi) is 1.93. The minimum absolute atomic E-state index is 0.954. The number of rotatable bonds is 0. The third-order valence-electron chi connectivity index (χ3n) is 0.278. The first-order valence-electron chi connectivity index (χ1n) is 1.36. The molecule has 0 bridgehead atoms. The predicted octanol–water partition coefficient (Wildman–Crippen LogP) is -0.00944. The van der Waals surface area contributed by atoms with Gasteiger partial charge >= 0.3 is 0 Å². The van der Waals surface area contributed by atoms with Crippen LogP contribution in [0.15, 0.2) is 0 Å². The molecule has 0 amide bonds. The highest BCUT2D eigenvalue weighted by Gasteiger charge is 1.88. The van der Waals surface area contributed by atoms with Gasteiger partial charge in [-0.15, -0.1) is 0 Å². The van der Waals surface area contributed by atoms with Crippen molar-refractivity contribution in [1.29, 1.82) is 10.5 Å². The van der Waals surface area contributed by atoms with Crippen molar-refractivity contribution in [3.8, 4) is 12.1 Å². The molecule has 3 heteroatoms. The molecule has 0 saturated heterocycles. The zero-order valence-corrected chi connectivity index (χ0v) is 3.05. The maximum absolute atomic E-state index is 7.74. The van der Waals surface area contributed by atoms with Gasteiger partial charge in [-0.1, -0.05) is 0 Å². The number of hydrogen-bond acceptors (Lipinski definition) is 2. The van der Waals surface area contributed by atoms with Crippen LogP contribution in [0.1, 0.15) is 0 Å². The molecule has 26 valence electrons. The van der Waals surface area contributed by atoms with Crippen molar-refractivity contribution in [2.24, 2.45) is 0 Å². The van der Waals surface area contributed by atoms with E-state index in [2.05, 4.69) is 0 Å². The second-order valence-corrected chi connectivity index (χ2v) is 0.736. The second kappa shape index (κ2) is 2.29. The van der Waals surface area contributed by atoms with Gasteiger partial charge in [0.15, 0.2) is 0 Å². The molecule has 0 heterocycles. The summed E-state index contributed by atoms with van der Waals surface area (Å²) in [6.07, 6.45) is 0. The molecule has 6 heavy (non-hydrogen) atoms. The normalized spacial score (nSPS) is 6.50. The predicted molar refractivity (Wildman–Crippen MR) is 20.7 cm³/mol. The average Bonchev–Trinajstić information content (AvgIpc) is 1.65. The SMILES string of the molecule is [B]C(C#N)C#N. The van der Waals surface area contributed by atoms with Crippen LogP contribution in [-0.4, -0.2) is 7.85 Å². The van der Waals surface area contributed by atoms with E-state index in [1.165, 1.54) is 12.1 Å². The van der Waals surface area contributed by atoms with Gasteiger partial charge in [0, 0.05) is 0 Å². The fraction of sp³-hybridized carbons (Fsp3) is 0.333. The van der Waals surface area contributed by atoms with Gasteiger partial charge in [-0.25, -0.2) is 0 Å². The van der Waals surface area contributed by atoms with Crippen LogP contribution in [-0.2, 0) is 0 Å². The summed E-state index contributed by atoms with van der Waals surface area (Å²) in [4.78, 5) is 0. The van der Waals surface area contributed by atoms with Crippen molar-refractivity contribution >= 4 is 7.85 Å². The van der Waals surface area contributed by atoms with Crippen molar-refractivity contribution in [1.82, 2.24) is 0 Å². The molecule has 0 N–H and O–H groups in total. The van der Waals surface area contributed by atoms with Crippen molar-refractivity contribution in [2.45, 2.75) is 5.82 Å². The zero-order valence-electron chi connectivity index (χ0n) is 3.05. The lowest BCUT2D eigenvalue weighted by Crippen LogP contribution is -1.77. The van der Waals surface area contributed by atoms with Crippen LogP contribution in [0.5, 0.6) is 0 Å². The van der Waals surface area contributed by atoms with Gasteiger partial charge in [-0.2, -0.15) is 10.5 Å². The van der Waals surface area contributed by atoms with E-state index >= 15 is 0 Å². The summed E-state index contributed by atoms with van der Waals surface area (Å²) >= 11 is 0. The Morgan fingerprint density at radius 3 is 1.67 bits per heavy atom. The molecule has 2 nitrogen and oxygen atoms in total. The van der Waals surface area contributed by atoms with Crippen molar-refractivity contribution < 1.29 is 0 Å². The first-order valence-corrected chi connectivity index (χ1v) is 1.36. The second-order valence-electron chi connectivity index (χ2n) is 0.736. The van der Waals surface area contributed by atoms with Crippen LogP contribution in [0.2, 0.25) is 5.82 Å². The van der Waals surface area contributed by atoms with Gasteiger partial charge in [-0.05, 0) is 0 Å². The quantitative estimate of drug-likeness (QED) is 0.381. The summed E-state index contributed by atoms with van der Waals surface area (Å²) in [7, 11) is 4.75. The summed E-state index contributed by atoms with van der Waals surface area (Å²) in [5.41, 5.74) is 0. The number of nitrogens with zero attached hydrogens (tertiary/aromatic N) is 2. The molecule has 0 aromatic heterocycles. The van der Waals surface area contributed by atoms with E-state index in [-0.39, 0.29) is 0 Å². The molecule has 0 spiro atoms. The maximum atomic E-state index is 7.74. The molecular formula is C3HBN2. The fourth-order valence-electron chi connectivity index (χ4n) is 0.0289. The Morgan fingerprint density at radius 1 is 1.33 bits per heavy atom. The summed E-state index contributed by atoms with van der Waals surface area (Å²) in [5.74, 6) is -0.954. The Balaban J connectivity index is 3.40. The number of hydrogen-bond donors (Lipinski definition) is 0. The topological polar surface area (TPSA) is 47.6 Å². The average molecular weight is 75.9 g/mol. The fourth-order valence-corrected chi connectivity index (χ4v) is 0.0289. The third-order valence-corrected chi connectivity index (χ3v) is 0.278. The Morgan fingerprint density at radius 2 is 1.67 bits per heavy atom. The first-order chi connectivity index (χ1) is 2.81. The highest BCUT2D eigenvalue weighted by molar-refractivity contribution is 6.15. The van der Waals surface area contributed by atoms with Crippen molar-refractivity contribution in [3.63, 3.8) is 0 Å². The number of nitriles is 2. The van der Waals surface area contributed by atoms with Crippen LogP contribution in [0.25, 0.3) is 0 Å². The molecule has 0 aliphatic rings. The molecule has 0 aromatic rings.